The first kappa shape index (κ1) is 8.63. The van der Waals surface area contributed by atoms with Gasteiger partial charge in [-0.1, -0.05) is 0 Å². The van der Waals surface area contributed by atoms with Crippen molar-refractivity contribution in [3.05, 3.63) is 23.5 Å². The van der Waals surface area contributed by atoms with Gasteiger partial charge in [0.1, 0.15) is 5.52 Å². The number of rotatable bonds is 1. The molecule has 0 amide bonds. The fraction of sp³-hybridized carbons (Fsp3) is 0.300. The highest BCUT2D eigenvalue weighted by molar-refractivity contribution is 7.98. The van der Waals surface area contributed by atoms with Crippen LogP contribution < -0.4 is 0 Å². The maximum absolute atomic E-state index is 4.52. The van der Waals surface area contributed by atoms with Gasteiger partial charge in [0.25, 0.3) is 0 Å². The number of aromatic nitrogens is 2. The number of nitrogens with one attached hydrogen (secondary N) is 1. The third kappa shape index (κ3) is 1.33. The van der Waals surface area contributed by atoms with E-state index < -0.39 is 0 Å². The van der Waals surface area contributed by atoms with Crippen molar-refractivity contribution in [2.75, 3.05) is 6.26 Å². The highest BCUT2D eigenvalue weighted by Gasteiger charge is 2.07. The van der Waals surface area contributed by atoms with Crippen molar-refractivity contribution in [1.82, 2.24) is 9.97 Å². The van der Waals surface area contributed by atoms with E-state index in [2.05, 4.69) is 29.2 Å². The van der Waals surface area contributed by atoms with Gasteiger partial charge in [0.05, 0.1) is 10.4 Å². The molecular formula is C10H12N2S. The molecule has 0 radical (unpaired) electrons. The Morgan fingerprint density at radius 1 is 1.31 bits per heavy atom. The minimum Gasteiger partial charge on any atom is -0.356 e. The lowest BCUT2D eigenvalue weighted by atomic mass is 10.3. The van der Waals surface area contributed by atoms with Gasteiger partial charge < -0.3 is 4.98 Å². The lowest BCUT2D eigenvalue weighted by Gasteiger charge is -1.95. The third-order valence-corrected chi connectivity index (χ3v) is 3.02. The topological polar surface area (TPSA) is 28.7 Å². The SMILES string of the molecule is CSc1c(C)[nH]c2ccc(C)nc12. The first-order valence-corrected chi connectivity index (χ1v) is 5.45. The monoisotopic (exact) mass is 192 g/mol. The van der Waals surface area contributed by atoms with E-state index >= 15 is 0 Å². The van der Waals surface area contributed by atoms with Crippen molar-refractivity contribution >= 4 is 22.8 Å². The van der Waals surface area contributed by atoms with E-state index in [1.165, 1.54) is 10.6 Å². The van der Waals surface area contributed by atoms with Gasteiger partial charge in [0.15, 0.2) is 0 Å². The van der Waals surface area contributed by atoms with E-state index in [0.717, 1.165) is 16.7 Å². The minimum atomic E-state index is 1.07. The van der Waals surface area contributed by atoms with Crippen LogP contribution in [0.25, 0.3) is 11.0 Å². The van der Waals surface area contributed by atoms with Gasteiger partial charge in [-0.25, -0.2) is 0 Å². The molecule has 0 atom stereocenters. The maximum Gasteiger partial charge on any atom is 0.102 e. The van der Waals surface area contributed by atoms with Gasteiger partial charge >= 0.3 is 0 Å². The smallest absolute Gasteiger partial charge is 0.102 e. The number of fused-ring (bicyclic) bond motifs is 1. The normalized spacial score (nSPS) is 11.0. The summed E-state index contributed by atoms with van der Waals surface area (Å²) in [7, 11) is 0. The van der Waals surface area contributed by atoms with Crippen molar-refractivity contribution in [2.24, 2.45) is 0 Å². The summed E-state index contributed by atoms with van der Waals surface area (Å²) in [6, 6.07) is 4.12. The summed E-state index contributed by atoms with van der Waals surface area (Å²) >= 11 is 1.75. The number of H-pyrrole nitrogens is 1. The molecule has 2 aromatic rings. The summed E-state index contributed by atoms with van der Waals surface area (Å²) < 4.78 is 0. The molecule has 2 rings (SSSR count). The third-order valence-electron chi connectivity index (χ3n) is 2.12. The Morgan fingerprint density at radius 2 is 2.08 bits per heavy atom. The van der Waals surface area contributed by atoms with Crippen LogP contribution in [0.2, 0.25) is 0 Å². The first-order chi connectivity index (χ1) is 6.22. The fourth-order valence-electron chi connectivity index (χ4n) is 1.52. The van der Waals surface area contributed by atoms with Crippen molar-refractivity contribution in [1.29, 1.82) is 0 Å². The van der Waals surface area contributed by atoms with Gasteiger partial charge in [0.2, 0.25) is 0 Å². The molecule has 0 saturated heterocycles. The van der Waals surface area contributed by atoms with E-state index in [9.17, 15) is 0 Å². The lowest BCUT2D eigenvalue weighted by Crippen LogP contribution is -1.80. The average molecular weight is 192 g/mol. The molecule has 0 aromatic carbocycles. The number of pyridine rings is 1. The molecule has 0 spiro atoms. The molecule has 0 saturated carbocycles. The molecule has 1 N–H and O–H groups in total. The summed E-state index contributed by atoms with van der Waals surface area (Å²) in [6.07, 6.45) is 2.08. The van der Waals surface area contributed by atoms with Crippen LogP contribution in [0.3, 0.4) is 0 Å². The standard InChI is InChI=1S/C10H12N2S/c1-6-4-5-8-9(11-6)10(13-3)7(2)12-8/h4-5,12H,1-3H3. The second-order valence-electron chi connectivity index (χ2n) is 3.13. The minimum absolute atomic E-state index is 1.07. The Bertz CT molecular complexity index is 445. The van der Waals surface area contributed by atoms with Crippen LogP contribution in [0.1, 0.15) is 11.4 Å². The Kier molecular flexibility index (Phi) is 2.04. The van der Waals surface area contributed by atoms with Gasteiger partial charge in [-0.15, -0.1) is 11.8 Å². The molecule has 2 aromatic heterocycles. The van der Waals surface area contributed by atoms with Gasteiger partial charge in [-0.3, -0.25) is 4.98 Å². The van der Waals surface area contributed by atoms with Crippen LogP contribution in [0, 0.1) is 13.8 Å². The van der Waals surface area contributed by atoms with Gasteiger partial charge in [-0.2, -0.15) is 0 Å². The number of hydrogen-bond acceptors (Lipinski definition) is 2. The largest absolute Gasteiger partial charge is 0.356 e. The molecular weight excluding hydrogens is 180 g/mol. The molecule has 68 valence electrons. The van der Waals surface area contributed by atoms with E-state index in [1.54, 1.807) is 11.8 Å². The molecule has 0 aliphatic heterocycles. The fourth-order valence-corrected chi connectivity index (χ4v) is 2.22. The van der Waals surface area contributed by atoms with Crippen molar-refractivity contribution in [2.45, 2.75) is 18.7 Å². The second-order valence-corrected chi connectivity index (χ2v) is 3.95. The summed E-state index contributed by atoms with van der Waals surface area (Å²) in [5.74, 6) is 0. The Labute approximate surface area is 81.8 Å². The summed E-state index contributed by atoms with van der Waals surface area (Å²) in [6.45, 7) is 4.11. The Morgan fingerprint density at radius 3 is 2.77 bits per heavy atom. The predicted molar refractivity (Wildman–Crippen MR) is 57.3 cm³/mol. The number of aryl methyl sites for hydroxylation is 2. The number of thioether (sulfide) groups is 1. The zero-order valence-corrected chi connectivity index (χ0v) is 8.83. The van der Waals surface area contributed by atoms with Gasteiger partial charge in [-0.05, 0) is 32.2 Å². The number of hydrogen-bond donors (Lipinski definition) is 1. The molecule has 2 heterocycles. The van der Waals surface area contributed by atoms with Crippen molar-refractivity contribution < 1.29 is 0 Å². The van der Waals surface area contributed by atoms with Gasteiger partial charge in [0, 0.05) is 11.4 Å². The number of nitrogens with zero attached hydrogens (tertiary/aromatic N) is 1. The maximum atomic E-state index is 4.52. The highest BCUT2D eigenvalue weighted by Crippen LogP contribution is 2.28. The predicted octanol–water partition coefficient (Wildman–Crippen LogP) is 2.90. The molecule has 0 bridgehead atoms. The van der Waals surface area contributed by atoms with Crippen LogP contribution >= 0.6 is 11.8 Å². The van der Waals surface area contributed by atoms with Crippen LogP contribution in [0.4, 0.5) is 0 Å². The van der Waals surface area contributed by atoms with Crippen LogP contribution in [-0.2, 0) is 0 Å². The molecule has 13 heavy (non-hydrogen) atoms. The quantitative estimate of drug-likeness (QED) is 0.704. The number of aromatic amines is 1. The van der Waals surface area contributed by atoms with Crippen LogP contribution in [0.15, 0.2) is 17.0 Å². The zero-order chi connectivity index (χ0) is 9.42. The molecule has 0 fully saturated rings. The summed E-state index contributed by atoms with van der Waals surface area (Å²) in [5.41, 5.74) is 4.51. The summed E-state index contributed by atoms with van der Waals surface area (Å²) in [4.78, 5) is 9.10. The van der Waals surface area contributed by atoms with E-state index in [4.69, 9.17) is 0 Å². The lowest BCUT2D eigenvalue weighted by molar-refractivity contribution is 1.22. The van der Waals surface area contributed by atoms with Crippen LogP contribution in [0.5, 0.6) is 0 Å². The molecule has 3 heteroatoms. The molecule has 0 unspecified atom stereocenters. The summed E-state index contributed by atoms with van der Waals surface area (Å²) in [5, 5.41) is 0. The molecule has 2 nitrogen and oxygen atoms in total. The van der Waals surface area contributed by atoms with E-state index in [-0.39, 0.29) is 0 Å². The molecule has 0 aliphatic carbocycles. The van der Waals surface area contributed by atoms with Crippen molar-refractivity contribution in [3.8, 4) is 0 Å². The van der Waals surface area contributed by atoms with E-state index in [1.807, 2.05) is 13.0 Å². The van der Waals surface area contributed by atoms with Crippen LogP contribution in [-0.4, -0.2) is 16.2 Å². The Balaban J connectivity index is 2.80. The van der Waals surface area contributed by atoms with E-state index in [0.29, 0.717) is 0 Å². The molecule has 0 aliphatic rings. The Hall–Kier alpha value is -0.960. The highest BCUT2D eigenvalue weighted by atomic mass is 32.2. The first-order valence-electron chi connectivity index (χ1n) is 4.22. The average Bonchev–Trinajstić information content (AvgIpc) is 2.40. The second kappa shape index (κ2) is 3.07. The van der Waals surface area contributed by atoms with Crippen molar-refractivity contribution in [3.63, 3.8) is 0 Å². The zero-order valence-electron chi connectivity index (χ0n) is 8.01.